The van der Waals surface area contributed by atoms with Crippen molar-refractivity contribution in [2.24, 2.45) is 16.1 Å². The van der Waals surface area contributed by atoms with Crippen LogP contribution in [0.1, 0.15) is 18.9 Å². The predicted octanol–water partition coefficient (Wildman–Crippen LogP) is 0.0599. The maximum atomic E-state index is 11.7. The summed E-state index contributed by atoms with van der Waals surface area (Å²) in [5.41, 5.74) is 5.44. The number of phenols is 2. The normalized spacial score (nSPS) is 17.7. The number of nitrogens with zero attached hydrogens (tertiary/aromatic N) is 2. The number of carbonyl (C=O) groups is 2. The van der Waals surface area contributed by atoms with Crippen molar-refractivity contribution in [1.82, 2.24) is 10.9 Å². The number of hydrazone groups is 2. The quantitative estimate of drug-likeness (QED) is 0.462. The van der Waals surface area contributed by atoms with E-state index in [4.69, 9.17) is 5.11 Å². The summed E-state index contributed by atoms with van der Waals surface area (Å²) in [6.45, 7) is 1.66. The lowest BCUT2D eigenvalue weighted by Crippen LogP contribution is -2.29. The number of benzene rings is 1. The Morgan fingerprint density at radius 1 is 1.52 bits per heavy atom. The third-order valence-electron chi connectivity index (χ3n) is 2.96. The third-order valence-corrected chi connectivity index (χ3v) is 2.96. The van der Waals surface area contributed by atoms with E-state index in [1.165, 1.54) is 18.3 Å². The first-order chi connectivity index (χ1) is 9.97. The molecule has 1 aliphatic rings. The second-order valence-electron chi connectivity index (χ2n) is 4.52. The molecular weight excluding hydrogens is 276 g/mol. The number of aromatic hydroxyl groups is 2. The van der Waals surface area contributed by atoms with Gasteiger partial charge >= 0.3 is 0 Å². The van der Waals surface area contributed by atoms with E-state index < -0.39 is 11.8 Å². The third kappa shape index (κ3) is 3.56. The number of amides is 2. The van der Waals surface area contributed by atoms with Gasteiger partial charge in [0.2, 0.25) is 11.8 Å². The fourth-order valence-electron chi connectivity index (χ4n) is 1.78. The van der Waals surface area contributed by atoms with Crippen molar-refractivity contribution in [2.45, 2.75) is 13.3 Å². The molecule has 1 aliphatic heterocycles. The monoisotopic (exact) mass is 290 g/mol. The molecule has 1 aromatic rings. The standard InChI is InChI=1S/C13H14N4O4/c1-7-10(13(21)17-15-7)5-12(20)16-14-6-8-2-3-9(18)4-11(8)19/h2-4,6,10,18-19H,5H2,1H3,(H,16,20)(H,17,21)/b14-6-/t10-/m0/s1. The lowest BCUT2D eigenvalue weighted by atomic mass is 10.0. The van der Waals surface area contributed by atoms with Crippen LogP contribution in [0.25, 0.3) is 0 Å². The molecule has 0 unspecified atom stereocenters. The first-order valence-corrected chi connectivity index (χ1v) is 6.15. The van der Waals surface area contributed by atoms with Crippen molar-refractivity contribution >= 4 is 23.7 Å². The molecule has 2 amide bonds. The van der Waals surface area contributed by atoms with Crippen molar-refractivity contribution in [3.8, 4) is 11.5 Å². The van der Waals surface area contributed by atoms with Crippen LogP contribution in [0.4, 0.5) is 0 Å². The Balaban J connectivity index is 1.90. The van der Waals surface area contributed by atoms with E-state index >= 15 is 0 Å². The molecule has 0 aromatic heterocycles. The molecule has 2 rings (SSSR count). The summed E-state index contributed by atoms with van der Waals surface area (Å²) in [6.07, 6.45) is 1.18. The van der Waals surface area contributed by atoms with Crippen LogP contribution in [0.3, 0.4) is 0 Å². The molecule has 0 aliphatic carbocycles. The zero-order valence-corrected chi connectivity index (χ0v) is 11.2. The smallest absolute Gasteiger partial charge is 0.249 e. The van der Waals surface area contributed by atoms with Crippen LogP contribution < -0.4 is 10.9 Å². The van der Waals surface area contributed by atoms with Crippen LogP contribution in [0.2, 0.25) is 0 Å². The fourth-order valence-corrected chi connectivity index (χ4v) is 1.78. The molecule has 21 heavy (non-hydrogen) atoms. The molecule has 0 spiro atoms. The van der Waals surface area contributed by atoms with Crippen molar-refractivity contribution in [3.63, 3.8) is 0 Å². The number of carbonyl (C=O) groups excluding carboxylic acids is 2. The minimum atomic E-state index is -0.581. The predicted molar refractivity (Wildman–Crippen MR) is 74.9 cm³/mol. The summed E-state index contributed by atoms with van der Waals surface area (Å²) in [5.74, 6) is -1.58. The highest BCUT2D eigenvalue weighted by atomic mass is 16.3. The lowest BCUT2D eigenvalue weighted by Gasteiger charge is -2.05. The molecule has 1 heterocycles. The second kappa shape index (κ2) is 6.04. The Kier molecular flexibility index (Phi) is 4.17. The zero-order chi connectivity index (χ0) is 15.4. The summed E-state index contributed by atoms with van der Waals surface area (Å²) in [5, 5.41) is 26.1. The number of rotatable bonds is 4. The Labute approximate surface area is 120 Å². The van der Waals surface area contributed by atoms with Gasteiger partial charge < -0.3 is 10.2 Å². The van der Waals surface area contributed by atoms with Crippen LogP contribution in [0, 0.1) is 5.92 Å². The Morgan fingerprint density at radius 3 is 2.90 bits per heavy atom. The van der Waals surface area contributed by atoms with Crippen LogP contribution in [0.15, 0.2) is 28.4 Å². The molecule has 8 nitrogen and oxygen atoms in total. The summed E-state index contributed by atoms with van der Waals surface area (Å²) in [4.78, 5) is 23.0. The molecule has 0 saturated carbocycles. The number of hydrogen-bond acceptors (Lipinski definition) is 6. The molecule has 8 heteroatoms. The SMILES string of the molecule is CC1=NNC(=O)[C@H]1CC(=O)N/N=C\c1ccc(O)cc1O. The minimum absolute atomic E-state index is 0.0555. The topological polar surface area (TPSA) is 123 Å². The van der Waals surface area contributed by atoms with E-state index in [2.05, 4.69) is 21.1 Å². The largest absolute Gasteiger partial charge is 0.508 e. The Morgan fingerprint density at radius 2 is 2.29 bits per heavy atom. The first-order valence-electron chi connectivity index (χ1n) is 6.15. The van der Waals surface area contributed by atoms with E-state index in [9.17, 15) is 14.7 Å². The highest BCUT2D eigenvalue weighted by Gasteiger charge is 2.28. The van der Waals surface area contributed by atoms with Gasteiger partial charge in [-0.2, -0.15) is 10.2 Å². The molecule has 1 atom stereocenters. The summed E-state index contributed by atoms with van der Waals surface area (Å²) >= 11 is 0. The Bertz CT molecular complexity index is 639. The molecule has 0 radical (unpaired) electrons. The van der Waals surface area contributed by atoms with Crippen molar-refractivity contribution in [2.75, 3.05) is 0 Å². The van der Waals surface area contributed by atoms with E-state index in [0.29, 0.717) is 11.3 Å². The van der Waals surface area contributed by atoms with E-state index in [-0.39, 0.29) is 23.8 Å². The zero-order valence-electron chi connectivity index (χ0n) is 11.2. The van der Waals surface area contributed by atoms with Crippen molar-refractivity contribution in [1.29, 1.82) is 0 Å². The molecular formula is C13H14N4O4. The average Bonchev–Trinajstić information content (AvgIpc) is 2.73. The van der Waals surface area contributed by atoms with Gasteiger partial charge in [0.1, 0.15) is 11.5 Å². The van der Waals surface area contributed by atoms with E-state index in [1.54, 1.807) is 6.92 Å². The maximum absolute atomic E-state index is 11.7. The van der Waals surface area contributed by atoms with Crippen LogP contribution in [0.5, 0.6) is 11.5 Å². The van der Waals surface area contributed by atoms with Crippen LogP contribution in [-0.2, 0) is 9.59 Å². The highest BCUT2D eigenvalue weighted by Crippen LogP contribution is 2.20. The summed E-state index contributed by atoms with van der Waals surface area (Å²) in [7, 11) is 0. The van der Waals surface area contributed by atoms with E-state index in [0.717, 1.165) is 6.07 Å². The van der Waals surface area contributed by atoms with Gasteiger partial charge in [-0.25, -0.2) is 10.9 Å². The van der Waals surface area contributed by atoms with Crippen LogP contribution in [-0.4, -0.2) is 34.0 Å². The molecule has 0 saturated heterocycles. The van der Waals surface area contributed by atoms with Crippen molar-refractivity contribution in [3.05, 3.63) is 23.8 Å². The average molecular weight is 290 g/mol. The van der Waals surface area contributed by atoms with Gasteiger partial charge in [0.25, 0.3) is 0 Å². The number of phenolic OH excluding ortho intramolecular Hbond substituents is 2. The lowest BCUT2D eigenvalue weighted by molar-refractivity contribution is -0.127. The van der Waals surface area contributed by atoms with Gasteiger partial charge in [0, 0.05) is 23.8 Å². The molecule has 110 valence electrons. The molecule has 0 fully saturated rings. The van der Waals surface area contributed by atoms with Crippen LogP contribution >= 0.6 is 0 Å². The maximum Gasteiger partial charge on any atom is 0.249 e. The molecule has 4 N–H and O–H groups in total. The molecule has 1 aromatic carbocycles. The molecule has 0 bridgehead atoms. The first kappa shape index (κ1) is 14.5. The summed E-state index contributed by atoms with van der Waals surface area (Å²) in [6, 6.07) is 3.99. The minimum Gasteiger partial charge on any atom is -0.508 e. The number of nitrogens with one attached hydrogen (secondary N) is 2. The Hall–Kier alpha value is -2.90. The fraction of sp³-hybridized carbons (Fsp3) is 0.231. The van der Waals surface area contributed by atoms with Gasteiger partial charge in [0.15, 0.2) is 0 Å². The van der Waals surface area contributed by atoms with Gasteiger partial charge in [-0.05, 0) is 19.1 Å². The van der Waals surface area contributed by atoms with Gasteiger partial charge in [-0.3, -0.25) is 9.59 Å². The van der Waals surface area contributed by atoms with Gasteiger partial charge in [-0.15, -0.1) is 0 Å². The highest BCUT2D eigenvalue weighted by molar-refractivity contribution is 6.09. The van der Waals surface area contributed by atoms with Gasteiger partial charge in [-0.1, -0.05) is 0 Å². The van der Waals surface area contributed by atoms with Gasteiger partial charge in [0.05, 0.1) is 12.1 Å². The van der Waals surface area contributed by atoms with E-state index in [1.807, 2.05) is 0 Å². The second-order valence-corrected chi connectivity index (χ2v) is 4.52. The number of hydrogen-bond donors (Lipinski definition) is 4. The summed E-state index contributed by atoms with van der Waals surface area (Å²) < 4.78 is 0. The van der Waals surface area contributed by atoms with Crippen molar-refractivity contribution < 1.29 is 19.8 Å².